The fraction of sp³-hybridized carbons (Fsp3) is 0.217. The van der Waals surface area contributed by atoms with Gasteiger partial charge in [-0.25, -0.2) is 0 Å². The largest absolute Gasteiger partial charge is 0.493 e. The molecule has 2 aromatic carbocycles. The summed E-state index contributed by atoms with van der Waals surface area (Å²) in [6.07, 6.45) is 2.03. The minimum atomic E-state index is -0.416. The standard InChI is InChI=1S/C23H20Br2N6O4/c24-12-6-8-16-14(10-12)20(22(34)26-16)30-28-18(32)4-2-1-3-5-19(33)29-31-21-15-11-13(25)7-9-17(15)27-23(21)35/h6-11,26-27,34-35H,1-5H2. The monoisotopic (exact) mass is 602 g/mol. The van der Waals surface area contributed by atoms with E-state index in [1.165, 1.54) is 0 Å². The zero-order valence-electron chi connectivity index (χ0n) is 18.3. The summed E-state index contributed by atoms with van der Waals surface area (Å²) in [6, 6.07) is 10.8. The van der Waals surface area contributed by atoms with Gasteiger partial charge in [-0.1, -0.05) is 38.3 Å². The van der Waals surface area contributed by atoms with E-state index in [1.54, 1.807) is 24.3 Å². The molecule has 4 rings (SSSR count). The van der Waals surface area contributed by atoms with Gasteiger partial charge in [0.2, 0.25) is 11.8 Å². The molecular weight excluding hydrogens is 584 g/mol. The number of benzene rings is 2. The molecule has 0 aliphatic heterocycles. The van der Waals surface area contributed by atoms with Gasteiger partial charge in [0.15, 0.2) is 11.4 Å². The van der Waals surface area contributed by atoms with Crippen LogP contribution in [0.3, 0.4) is 0 Å². The smallest absolute Gasteiger partial charge is 0.264 e. The predicted molar refractivity (Wildman–Crippen MR) is 137 cm³/mol. The lowest BCUT2D eigenvalue weighted by Gasteiger charge is -1.97. The van der Waals surface area contributed by atoms with Crippen molar-refractivity contribution < 1.29 is 19.8 Å². The third kappa shape index (κ3) is 6.01. The first-order valence-electron chi connectivity index (χ1n) is 10.7. The van der Waals surface area contributed by atoms with Crippen molar-refractivity contribution in [3.63, 3.8) is 0 Å². The Morgan fingerprint density at radius 1 is 0.714 bits per heavy atom. The van der Waals surface area contributed by atoms with E-state index in [4.69, 9.17) is 0 Å². The molecule has 2 aromatic heterocycles. The number of H-pyrrole nitrogens is 2. The number of amides is 2. The fourth-order valence-corrected chi connectivity index (χ4v) is 4.24. The van der Waals surface area contributed by atoms with E-state index in [0.29, 0.717) is 41.1 Å². The van der Waals surface area contributed by atoms with Gasteiger partial charge in [-0.2, -0.15) is 0 Å². The van der Waals surface area contributed by atoms with Gasteiger partial charge in [0.1, 0.15) is 0 Å². The van der Waals surface area contributed by atoms with Crippen LogP contribution in [-0.2, 0) is 9.59 Å². The summed E-state index contributed by atoms with van der Waals surface area (Å²) in [6.45, 7) is 0. The van der Waals surface area contributed by atoms with Crippen LogP contribution in [0, 0.1) is 0 Å². The minimum absolute atomic E-state index is 0.157. The third-order valence-corrected chi connectivity index (χ3v) is 6.22. The average molecular weight is 604 g/mol. The molecule has 180 valence electrons. The summed E-state index contributed by atoms with van der Waals surface area (Å²) < 4.78 is 1.62. The van der Waals surface area contributed by atoms with E-state index in [-0.39, 0.29) is 36.0 Å². The number of azo groups is 2. The molecule has 0 saturated heterocycles. The second-order valence-electron chi connectivity index (χ2n) is 7.77. The van der Waals surface area contributed by atoms with Crippen LogP contribution in [0.2, 0.25) is 0 Å². The molecule has 0 unspecified atom stereocenters. The molecular formula is C23H20Br2N6O4. The van der Waals surface area contributed by atoms with Crippen LogP contribution in [0.15, 0.2) is 65.8 Å². The Morgan fingerprint density at radius 3 is 1.57 bits per heavy atom. The van der Waals surface area contributed by atoms with Crippen LogP contribution in [0.5, 0.6) is 11.8 Å². The maximum atomic E-state index is 12.1. The third-order valence-electron chi connectivity index (χ3n) is 5.23. The highest BCUT2D eigenvalue weighted by Crippen LogP contribution is 2.38. The number of aromatic nitrogens is 2. The van der Waals surface area contributed by atoms with Gasteiger partial charge in [-0.3, -0.25) is 9.59 Å². The molecule has 0 radical (unpaired) electrons. The zero-order chi connectivity index (χ0) is 24.9. The molecule has 0 bridgehead atoms. The van der Waals surface area contributed by atoms with E-state index in [0.717, 1.165) is 8.95 Å². The van der Waals surface area contributed by atoms with E-state index in [2.05, 4.69) is 62.3 Å². The van der Waals surface area contributed by atoms with Gasteiger partial charge < -0.3 is 20.2 Å². The highest BCUT2D eigenvalue weighted by atomic mass is 79.9. The molecule has 2 amide bonds. The summed E-state index contributed by atoms with van der Waals surface area (Å²) >= 11 is 6.73. The predicted octanol–water partition coefficient (Wildman–Crippen LogP) is 7.46. The lowest BCUT2D eigenvalue weighted by atomic mass is 10.1. The SMILES string of the molecule is O=C(CCCCCC(=O)N=Nc1c(O)[nH]c2ccc(Br)cc12)N=Nc1c(O)[nH]c2ccc(Br)cc12. The number of carbonyl (C=O) groups is 2. The highest BCUT2D eigenvalue weighted by molar-refractivity contribution is 9.10. The first-order chi connectivity index (χ1) is 16.8. The van der Waals surface area contributed by atoms with E-state index >= 15 is 0 Å². The van der Waals surface area contributed by atoms with Gasteiger partial charge in [0.05, 0.1) is 11.0 Å². The lowest BCUT2D eigenvalue weighted by molar-refractivity contribution is -0.118. The Kier molecular flexibility index (Phi) is 7.71. The summed E-state index contributed by atoms with van der Waals surface area (Å²) in [5, 5.41) is 36.5. The Bertz CT molecular complexity index is 1360. The van der Waals surface area contributed by atoms with E-state index in [1.807, 2.05) is 12.1 Å². The van der Waals surface area contributed by atoms with Gasteiger partial charge >= 0.3 is 0 Å². The van der Waals surface area contributed by atoms with Gasteiger partial charge in [-0.15, -0.1) is 20.5 Å². The highest BCUT2D eigenvalue weighted by Gasteiger charge is 2.13. The van der Waals surface area contributed by atoms with Gasteiger partial charge in [0, 0.05) is 32.6 Å². The van der Waals surface area contributed by atoms with Crippen LogP contribution in [0.1, 0.15) is 32.1 Å². The first kappa shape index (κ1) is 24.7. The maximum Gasteiger partial charge on any atom is 0.264 e. The number of hydrogen-bond acceptors (Lipinski definition) is 6. The van der Waals surface area contributed by atoms with Crippen molar-refractivity contribution >= 4 is 76.9 Å². The van der Waals surface area contributed by atoms with Crippen LogP contribution in [0.4, 0.5) is 11.4 Å². The lowest BCUT2D eigenvalue weighted by Crippen LogP contribution is -1.94. The molecule has 35 heavy (non-hydrogen) atoms. The summed E-state index contributed by atoms with van der Waals surface area (Å²) in [5.74, 6) is -1.15. The molecule has 0 saturated carbocycles. The number of nitrogens with one attached hydrogen (secondary N) is 2. The molecule has 0 atom stereocenters. The van der Waals surface area contributed by atoms with Crippen molar-refractivity contribution in [1.29, 1.82) is 0 Å². The minimum Gasteiger partial charge on any atom is -0.493 e. The first-order valence-corrected chi connectivity index (χ1v) is 12.3. The Hall–Kier alpha value is -3.38. The van der Waals surface area contributed by atoms with Gasteiger partial charge in [0.25, 0.3) is 11.8 Å². The maximum absolute atomic E-state index is 12.1. The second kappa shape index (κ2) is 10.9. The second-order valence-corrected chi connectivity index (χ2v) is 9.60. The number of aromatic hydroxyl groups is 2. The number of unbranched alkanes of at least 4 members (excludes halogenated alkanes) is 2. The van der Waals surface area contributed by atoms with Crippen molar-refractivity contribution in [3.05, 3.63) is 45.3 Å². The van der Waals surface area contributed by atoms with Crippen LogP contribution in [0.25, 0.3) is 21.8 Å². The quantitative estimate of drug-likeness (QED) is 0.122. The Balaban J connectivity index is 1.23. The molecule has 4 aromatic rings. The molecule has 12 heteroatoms. The molecule has 2 heterocycles. The summed E-state index contributed by atoms with van der Waals surface area (Å²) in [4.78, 5) is 29.7. The van der Waals surface area contributed by atoms with Crippen molar-refractivity contribution in [2.75, 3.05) is 0 Å². The molecule has 0 fully saturated rings. The molecule has 0 aliphatic carbocycles. The van der Waals surface area contributed by atoms with E-state index in [9.17, 15) is 19.8 Å². The fourth-order valence-electron chi connectivity index (χ4n) is 3.51. The molecule has 0 spiro atoms. The van der Waals surface area contributed by atoms with Crippen LogP contribution in [-0.4, -0.2) is 32.0 Å². The van der Waals surface area contributed by atoms with Crippen LogP contribution < -0.4 is 0 Å². The number of hydrogen-bond donors (Lipinski definition) is 4. The number of rotatable bonds is 8. The van der Waals surface area contributed by atoms with Crippen molar-refractivity contribution in [3.8, 4) is 11.8 Å². The molecule has 4 N–H and O–H groups in total. The summed E-state index contributed by atoms with van der Waals surface area (Å²) in [7, 11) is 0. The van der Waals surface area contributed by atoms with Crippen LogP contribution >= 0.6 is 31.9 Å². The van der Waals surface area contributed by atoms with Crippen molar-refractivity contribution in [1.82, 2.24) is 9.97 Å². The average Bonchev–Trinajstić information content (AvgIpc) is 3.30. The Morgan fingerprint density at radius 2 is 1.14 bits per heavy atom. The van der Waals surface area contributed by atoms with Crippen molar-refractivity contribution in [2.24, 2.45) is 20.5 Å². The van der Waals surface area contributed by atoms with Gasteiger partial charge in [-0.05, 0) is 49.2 Å². The number of aromatic amines is 2. The van der Waals surface area contributed by atoms with Crippen molar-refractivity contribution in [2.45, 2.75) is 32.1 Å². The number of nitrogens with zero attached hydrogens (tertiary/aromatic N) is 4. The molecule has 10 nitrogen and oxygen atoms in total. The Labute approximate surface area is 215 Å². The number of halogens is 2. The summed E-state index contributed by atoms with van der Waals surface area (Å²) in [5.41, 5.74) is 1.78. The topological polar surface area (TPSA) is 156 Å². The normalized spacial score (nSPS) is 11.9. The number of carbonyl (C=O) groups excluding carboxylic acids is 2. The number of fused-ring (bicyclic) bond motifs is 2. The molecule has 0 aliphatic rings. The zero-order valence-corrected chi connectivity index (χ0v) is 21.4. The van der Waals surface area contributed by atoms with E-state index < -0.39 is 11.8 Å².